The smallest absolute Gasteiger partial charge is 0.274 e. The molecule has 2 N–H and O–H groups in total. The molecule has 0 aliphatic rings. The minimum absolute atomic E-state index is 0.232. The normalized spacial score (nSPS) is 10.2. The Morgan fingerprint density at radius 3 is 2.31 bits per heavy atom. The fourth-order valence-electron chi connectivity index (χ4n) is 2.60. The maximum atomic E-state index is 12.6. The Labute approximate surface area is 168 Å². The van der Waals surface area contributed by atoms with E-state index in [1.165, 1.54) is 13.4 Å². The van der Waals surface area contributed by atoms with Crippen LogP contribution >= 0.6 is 0 Å². The van der Waals surface area contributed by atoms with Gasteiger partial charge in [0.15, 0.2) is 0 Å². The number of anilines is 2. The number of ether oxygens (including phenoxy) is 3. The standard InChI is InChI=1S/C21H22N4O4/c1-27-15-6-4-14(5-7-15)12-22-20-11-18(23-13-24-20)21(26)25-17-9-8-16(28-2)10-19(17)29-3/h4-11,13H,12H2,1-3H3,(H,25,26)(H,22,23,24). The number of aromatic nitrogens is 2. The molecule has 3 aromatic rings. The Kier molecular flexibility index (Phi) is 6.47. The summed E-state index contributed by atoms with van der Waals surface area (Å²) in [5.74, 6) is 2.09. The van der Waals surface area contributed by atoms with Crippen LogP contribution in [0.3, 0.4) is 0 Å². The third kappa shape index (κ3) is 5.13. The third-order valence-corrected chi connectivity index (χ3v) is 4.19. The molecular formula is C21H22N4O4. The Hall–Kier alpha value is -3.81. The van der Waals surface area contributed by atoms with Crippen molar-refractivity contribution in [2.24, 2.45) is 0 Å². The summed E-state index contributed by atoms with van der Waals surface area (Å²) in [5.41, 5.74) is 1.80. The van der Waals surface area contributed by atoms with Gasteiger partial charge < -0.3 is 24.8 Å². The van der Waals surface area contributed by atoms with Crippen LogP contribution in [0.5, 0.6) is 17.2 Å². The molecule has 8 nitrogen and oxygen atoms in total. The van der Waals surface area contributed by atoms with Gasteiger partial charge in [-0.2, -0.15) is 0 Å². The van der Waals surface area contributed by atoms with Crippen LogP contribution in [0.15, 0.2) is 54.9 Å². The number of methoxy groups -OCH3 is 3. The summed E-state index contributed by atoms with van der Waals surface area (Å²) in [6.45, 7) is 0.550. The third-order valence-electron chi connectivity index (χ3n) is 4.19. The molecule has 0 aliphatic carbocycles. The molecule has 29 heavy (non-hydrogen) atoms. The molecule has 0 aliphatic heterocycles. The lowest BCUT2D eigenvalue weighted by molar-refractivity contribution is 0.102. The van der Waals surface area contributed by atoms with Crippen LogP contribution in [-0.2, 0) is 6.54 Å². The molecule has 0 fully saturated rings. The van der Waals surface area contributed by atoms with E-state index in [9.17, 15) is 4.79 Å². The van der Waals surface area contributed by atoms with E-state index in [2.05, 4.69) is 20.6 Å². The largest absolute Gasteiger partial charge is 0.497 e. The maximum Gasteiger partial charge on any atom is 0.274 e. The zero-order valence-corrected chi connectivity index (χ0v) is 16.4. The number of benzene rings is 2. The number of nitrogens with one attached hydrogen (secondary N) is 2. The average molecular weight is 394 g/mol. The second-order valence-electron chi connectivity index (χ2n) is 6.01. The van der Waals surface area contributed by atoms with Gasteiger partial charge in [0.05, 0.1) is 27.0 Å². The van der Waals surface area contributed by atoms with Gasteiger partial charge in [-0.1, -0.05) is 12.1 Å². The average Bonchev–Trinajstić information content (AvgIpc) is 2.78. The molecular weight excluding hydrogens is 372 g/mol. The van der Waals surface area contributed by atoms with Crippen molar-refractivity contribution < 1.29 is 19.0 Å². The molecule has 0 radical (unpaired) electrons. The van der Waals surface area contributed by atoms with Gasteiger partial charge in [-0.25, -0.2) is 9.97 Å². The highest BCUT2D eigenvalue weighted by molar-refractivity contribution is 6.04. The van der Waals surface area contributed by atoms with Gasteiger partial charge in [0, 0.05) is 18.7 Å². The number of amides is 1. The number of nitrogens with zero attached hydrogens (tertiary/aromatic N) is 2. The number of hydrogen-bond donors (Lipinski definition) is 2. The Morgan fingerprint density at radius 1 is 0.897 bits per heavy atom. The highest BCUT2D eigenvalue weighted by Crippen LogP contribution is 2.29. The second kappa shape index (κ2) is 9.41. The van der Waals surface area contributed by atoms with Gasteiger partial charge in [-0.3, -0.25) is 4.79 Å². The van der Waals surface area contributed by atoms with Crippen LogP contribution in [0.4, 0.5) is 11.5 Å². The van der Waals surface area contributed by atoms with Crippen molar-refractivity contribution in [2.45, 2.75) is 6.54 Å². The molecule has 1 heterocycles. The number of rotatable bonds is 8. The molecule has 0 saturated heterocycles. The second-order valence-corrected chi connectivity index (χ2v) is 6.01. The van der Waals surface area contributed by atoms with Gasteiger partial charge in [-0.05, 0) is 29.8 Å². The van der Waals surface area contributed by atoms with Crippen molar-refractivity contribution in [1.29, 1.82) is 0 Å². The quantitative estimate of drug-likeness (QED) is 0.605. The summed E-state index contributed by atoms with van der Waals surface area (Å²) in [5, 5.41) is 5.97. The first kappa shape index (κ1) is 19.9. The van der Waals surface area contributed by atoms with Gasteiger partial charge in [0.2, 0.25) is 0 Å². The fraction of sp³-hybridized carbons (Fsp3) is 0.190. The Bertz CT molecular complexity index is 977. The van der Waals surface area contributed by atoms with Crippen molar-refractivity contribution >= 4 is 17.4 Å². The molecule has 0 bridgehead atoms. The Balaban J connectivity index is 1.67. The summed E-state index contributed by atoms with van der Waals surface area (Å²) in [6, 6.07) is 14.4. The molecule has 3 rings (SSSR count). The van der Waals surface area contributed by atoms with E-state index >= 15 is 0 Å². The number of carbonyl (C=O) groups is 1. The summed E-state index contributed by atoms with van der Waals surface area (Å²) in [6.07, 6.45) is 1.34. The fourth-order valence-corrected chi connectivity index (χ4v) is 2.60. The SMILES string of the molecule is COc1ccc(CNc2cc(C(=O)Nc3ccc(OC)cc3OC)ncn2)cc1. The first-order valence-corrected chi connectivity index (χ1v) is 8.85. The van der Waals surface area contributed by atoms with Crippen molar-refractivity contribution in [3.8, 4) is 17.2 Å². The lowest BCUT2D eigenvalue weighted by atomic mass is 10.2. The van der Waals surface area contributed by atoms with Crippen molar-refractivity contribution in [2.75, 3.05) is 32.0 Å². The molecule has 8 heteroatoms. The lowest BCUT2D eigenvalue weighted by Gasteiger charge is -2.12. The summed E-state index contributed by atoms with van der Waals surface area (Å²) in [7, 11) is 4.72. The highest BCUT2D eigenvalue weighted by atomic mass is 16.5. The lowest BCUT2D eigenvalue weighted by Crippen LogP contribution is -2.15. The van der Waals surface area contributed by atoms with Crippen LogP contribution in [0.2, 0.25) is 0 Å². The molecule has 1 amide bonds. The summed E-state index contributed by atoms with van der Waals surface area (Å²) in [4.78, 5) is 20.8. The molecule has 0 spiro atoms. The van der Waals surface area contributed by atoms with E-state index in [-0.39, 0.29) is 11.6 Å². The van der Waals surface area contributed by atoms with E-state index in [0.29, 0.717) is 29.5 Å². The predicted octanol–water partition coefficient (Wildman–Crippen LogP) is 3.37. The molecule has 2 aromatic carbocycles. The Morgan fingerprint density at radius 2 is 1.62 bits per heavy atom. The monoisotopic (exact) mass is 394 g/mol. The van der Waals surface area contributed by atoms with E-state index < -0.39 is 0 Å². The van der Waals surface area contributed by atoms with Crippen molar-refractivity contribution in [3.05, 3.63) is 66.1 Å². The van der Waals surface area contributed by atoms with Crippen LogP contribution in [0.25, 0.3) is 0 Å². The van der Waals surface area contributed by atoms with Crippen LogP contribution in [-0.4, -0.2) is 37.2 Å². The maximum absolute atomic E-state index is 12.6. The number of hydrogen-bond acceptors (Lipinski definition) is 7. The van der Waals surface area contributed by atoms with Crippen molar-refractivity contribution in [1.82, 2.24) is 9.97 Å². The summed E-state index contributed by atoms with van der Waals surface area (Å²) >= 11 is 0. The molecule has 0 unspecified atom stereocenters. The van der Waals surface area contributed by atoms with Gasteiger partial charge in [0.25, 0.3) is 5.91 Å². The zero-order chi connectivity index (χ0) is 20.6. The minimum atomic E-state index is -0.372. The van der Waals surface area contributed by atoms with Crippen LogP contribution in [0, 0.1) is 0 Å². The molecule has 0 atom stereocenters. The topological polar surface area (TPSA) is 94.6 Å². The van der Waals surface area contributed by atoms with E-state index in [1.54, 1.807) is 38.5 Å². The van der Waals surface area contributed by atoms with Crippen LogP contribution in [0.1, 0.15) is 16.1 Å². The predicted molar refractivity (Wildman–Crippen MR) is 110 cm³/mol. The van der Waals surface area contributed by atoms with Crippen LogP contribution < -0.4 is 24.8 Å². The first-order chi connectivity index (χ1) is 14.1. The first-order valence-electron chi connectivity index (χ1n) is 8.85. The summed E-state index contributed by atoms with van der Waals surface area (Å²) < 4.78 is 15.6. The highest BCUT2D eigenvalue weighted by Gasteiger charge is 2.13. The molecule has 150 valence electrons. The minimum Gasteiger partial charge on any atom is -0.497 e. The van der Waals surface area contributed by atoms with Crippen molar-refractivity contribution in [3.63, 3.8) is 0 Å². The van der Waals surface area contributed by atoms with E-state index in [0.717, 1.165) is 11.3 Å². The number of carbonyl (C=O) groups excluding carboxylic acids is 1. The van der Waals surface area contributed by atoms with E-state index in [4.69, 9.17) is 14.2 Å². The zero-order valence-electron chi connectivity index (χ0n) is 16.4. The molecule has 0 saturated carbocycles. The molecule has 1 aromatic heterocycles. The van der Waals surface area contributed by atoms with Gasteiger partial charge >= 0.3 is 0 Å². The van der Waals surface area contributed by atoms with Gasteiger partial charge in [0.1, 0.15) is 35.1 Å². The van der Waals surface area contributed by atoms with E-state index in [1.807, 2.05) is 24.3 Å². The van der Waals surface area contributed by atoms with Gasteiger partial charge in [-0.15, -0.1) is 0 Å².